The first-order valence-electron chi connectivity index (χ1n) is 6.62. The van der Waals surface area contributed by atoms with E-state index >= 15 is 0 Å². The normalized spacial score (nSPS) is 10.3. The van der Waals surface area contributed by atoms with E-state index in [1.807, 2.05) is 6.92 Å². The molecular weight excluding hydrogens is 304 g/mol. The molecule has 0 saturated heterocycles. The SMILES string of the molecule is COc1cc(C(=O)O)ccc1CCNC(=O)c1cnc(C)s1. The highest BCUT2D eigenvalue weighted by atomic mass is 32.1. The lowest BCUT2D eigenvalue weighted by molar-refractivity contribution is 0.0696. The van der Waals surface area contributed by atoms with Crippen LogP contribution < -0.4 is 10.1 Å². The molecule has 0 fully saturated rings. The Kier molecular flexibility index (Phi) is 5.11. The number of nitrogens with zero attached hydrogens (tertiary/aromatic N) is 1. The third kappa shape index (κ3) is 3.82. The van der Waals surface area contributed by atoms with Crippen molar-refractivity contribution in [2.75, 3.05) is 13.7 Å². The van der Waals surface area contributed by atoms with E-state index in [0.717, 1.165) is 10.6 Å². The van der Waals surface area contributed by atoms with Gasteiger partial charge in [-0.2, -0.15) is 0 Å². The Morgan fingerprint density at radius 1 is 1.41 bits per heavy atom. The van der Waals surface area contributed by atoms with E-state index in [-0.39, 0.29) is 11.5 Å². The van der Waals surface area contributed by atoms with E-state index in [1.165, 1.54) is 30.6 Å². The van der Waals surface area contributed by atoms with Crippen LogP contribution in [0.5, 0.6) is 5.75 Å². The van der Waals surface area contributed by atoms with Crippen LogP contribution in [0.15, 0.2) is 24.4 Å². The predicted octanol–water partition coefficient (Wildman–Crippen LogP) is 2.13. The van der Waals surface area contributed by atoms with Gasteiger partial charge >= 0.3 is 5.97 Å². The molecule has 6 nitrogen and oxygen atoms in total. The highest BCUT2D eigenvalue weighted by Crippen LogP contribution is 2.20. The molecule has 7 heteroatoms. The molecule has 116 valence electrons. The third-order valence-corrected chi connectivity index (χ3v) is 3.97. The quantitative estimate of drug-likeness (QED) is 0.851. The molecule has 1 aromatic carbocycles. The molecule has 0 bridgehead atoms. The van der Waals surface area contributed by atoms with Crippen LogP contribution in [0.4, 0.5) is 0 Å². The number of aromatic nitrogens is 1. The fourth-order valence-corrected chi connectivity index (χ4v) is 2.64. The van der Waals surface area contributed by atoms with Crippen LogP contribution in [0.25, 0.3) is 0 Å². The van der Waals surface area contributed by atoms with E-state index in [0.29, 0.717) is 23.6 Å². The average molecular weight is 320 g/mol. The largest absolute Gasteiger partial charge is 0.496 e. The standard InChI is InChI=1S/C15H16N2O4S/c1-9-17-8-13(22-9)14(18)16-6-5-10-3-4-11(15(19)20)7-12(10)21-2/h3-4,7-8H,5-6H2,1-2H3,(H,16,18)(H,19,20). The Morgan fingerprint density at radius 2 is 2.18 bits per heavy atom. The molecule has 0 aliphatic carbocycles. The van der Waals surface area contributed by atoms with Gasteiger partial charge in [-0.1, -0.05) is 6.07 Å². The number of carbonyl (C=O) groups is 2. The molecule has 0 saturated carbocycles. The minimum atomic E-state index is -1.00. The van der Waals surface area contributed by atoms with E-state index in [1.54, 1.807) is 12.3 Å². The van der Waals surface area contributed by atoms with Crippen LogP contribution in [0, 0.1) is 6.92 Å². The number of thiazole rings is 1. The van der Waals surface area contributed by atoms with Gasteiger partial charge in [0.1, 0.15) is 10.6 Å². The number of aromatic carboxylic acids is 1. The number of aryl methyl sites for hydroxylation is 1. The smallest absolute Gasteiger partial charge is 0.335 e. The van der Waals surface area contributed by atoms with Gasteiger partial charge < -0.3 is 15.2 Å². The third-order valence-electron chi connectivity index (χ3n) is 3.06. The summed E-state index contributed by atoms with van der Waals surface area (Å²) in [5.41, 5.74) is 1.01. The number of amides is 1. The highest BCUT2D eigenvalue weighted by Gasteiger charge is 2.11. The van der Waals surface area contributed by atoms with Crippen molar-refractivity contribution >= 4 is 23.2 Å². The molecule has 0 radical (unpaired) electrons. The summed E-state index contributed by atoms with van der Waals surface area (Å²) >= 11 is 1.34. The first-order chi connectivity index (χ1) is 10.5. The van der Waals surface area contributed by atoms with Crippen LogP contribution in [0.1, 0.15) is 30.6 Å². The molecule has 0 unspecified atom stereocenters. The minimum absolute atomic E-state index is 0.160. The van der Waals surface area contributed by atoms with Crippen LogP contribution >= 0.6 is 11.3 Å². The molecule has 0 atom stereocenters. The molecule has 2 N–H and O–H groups in total. The predicted molar refractivity (Wildman–Crippen MR) is 82.8 cm³/mol. The molecule has 2 aromatic rings. The maximum absolute atomic E-state index is 11.9. The van der Waals surface area contributed by atoms with Crippen molar-refractivity contribution in [2.45, 2.75) is 13.3 Å². The number of benzene rings is 1. The summed E-state index contributed by atoms with van der Waals surface area (Å²) in [5, 5.41) is 12.6. The Labute approximate surface area is 131 Å². The van der Waals surface area contributed by atoms with Gasteiger partial charge in [0, 0.05) is 6.54 Å². The summed E-state index contributed by atoms with van der Waals surface area (Å²) in [6.45, 7) is 2.27. The van der Waals surface area contributed by atoms with E-state index in [2.05, 4.69) is 10.3 Å². The van der Waals surface area contributed by atoms with Crippen LogP contribution in [0.2, 0.25) is 0 Å². The fourth-order valence-electron chi connectivity index (χ4n) is 1.95. The maximum Gasteiger partial charge on any atom is 0.335 e. The summed E-state index contributed by atoms with van der Waals surface area (Å²) in [4.78, 5) is 27.4. The topological polar surface area (TPSA) is 88.5 Å². The number of carbonyl (C=O) groups excluding carboxylic acids is 1. The van der Waals surface area contributed by atoms with Crippen LogP contribution in [-0.2, 0) is 6.42 Å². The van der Waals surface area contributed by atoms with Crippen molar-refractivity contribution < 1.29 is 19.4 Å². The zero-order valence-corrected chi connectivity index (χ0v) is 13.1. The fraction of sp³-hybridized carbons (Fsp3) is 0.267. The zero-order valence-electron chi connectivity index (χ0n) is 12.3. The minimum Gasteiger partial charge on any atom is -0.496 e. The molecule has 0 spiro atoms. The Morgan fingerprint density at radius 3 is 2.77 bits per heavy atom. The van der Waals surface area contributed by atoms with Crippen molar-refractivity contribution in [2.24, 2.45) is 0 Å². The van der Waals surface area contributed by atoms with Crippen molar-refractivity contribution in [3.63, 3.8) is 0 Å². The second-order valence-corrected chi connectivity index (χ2v) is 5.82. The number of hydrogen-bond acceptors (Lipinski definition) is 5. The highest BCUT2D eigenvalue weighted by molar-refractivity contribution is 7.13. The summed E-state index contributed by atoms with van der Waals surface area (Å²) in [7, 11) is 1.49. The molecule has 22 heavy (non-hydrogen) atoms. The second-order valence-electron chi connectivity index (χ2n) is 4.58. The maximum atomic E-state index is 11.9. The van der Waals surface area contributed by atoms with Gasteiger partial charge in [0.2, 0.25) is 0 Å². The van der Waals surface area contributed by atoms with Gasteiger partial charge in [-0.15, -0.1) is 11.3 Å². The molecule has 1 aromatic heterocycles. The van der Waals surface area contributed by atoms with Gasteiger partial charge in [-0.05, 0) is 31.0 Å². The van der Waals surface area contributed by atoms with Gasteiger partial charge in [-0.3, -0.25) is 4.79 Å². The summed E-state index contributed by atoms with van der Waals surface area (Å²) in [6.07, 6.45) is 2.10. The van der Waals surface area contributed by atoms with Gasteiger partial charge in [0.15, 0.2) is 0 Å². The first-order valence-corrected chi connectivity index (χ1v) is 7.43. The van der Waals surface area contributed by atoms with Crippen LogP contribution in [-0.4, -0.2) is 35.6 Å². The molecule has 2 rings (SSSR count). The van der Waals surface area contributed by atoms with Gasteiger partial charge in [-0.25, -0.2) is 9.78 Å². The molecule has 0 aliphatic rings. The van der Waals surface area contributed by atoms with Crippen molar-refractivity contribution in [1.82, 2.24) is 10.3 Å². The zero-order chi connectivity index (χ0) is 16.1. The summed E-state index contributed by atoms with van der Waals surface area (Å²) in [6, 6.07) is 4.70. The van der Waals surface area contributed by atoms with Crippen molar-refractivity contribution in [1.29, 1.82) is 0 Å². The lowest BCUT2D eigenvalue weighted by atomic mass is 10.1. The number of hydrogen-bond donors (Lipinski definition) is 2. The van der Waals surface area contributed by atoms with E-state index in [9.17, 15) is 9.59 Å². The number of nitrogens with one attached hydrogen (secondary N) is 1. The molecule has 1 amide bonds. The number of carboxylic acids is 1. The molecule has 1 heterocycles. The molecular formula is C15H16N2O4S. The number of ether oxygens (including phenoxy) is 1. The Balaban J connectivity index is 1.96. The van der Waals surface area contributed by atoms with E-state index in [4.69, 9.17) is 9.84 Å². The van der Waals surface area contributed by atoms with Crippen LogP contribution in [0.3, 0.4) is 0 Å². The second kappa shape index (κ2) is 7.04. The Bertz CT molecular complexity index is 697. The average Bonchev–Trinajstić information content (AvgIpc) is 2.93. The number of methoxy groups -OCH3 is 1. The monoisotopic (exact) mass is 320 g/mol. The molecule has 0 aliphatic heterocycles. The lowest BCUT2D eigenvalue weighted by Gasteiger charge is -2.10. The van der Waals surface area contributed by atoms with E-state index < -0.39 is 5.97 Å². The van der Waals surface area contributed by atoms with Gasteiger partial charge in [0.25, 0.3) is 5.91 Å². The first kappa shape index (κ1) is 16.0. The summed E-state index contributed by atoms with van der Waals surface area (Å²) in [5.74, 6) is -0.659. The Hall–Kier alpha value is -2.41. The summed E-state index contributed by atoms with van der Waals surface area (Å²) < 4.78 is 5.20. The van der Waals surface area contributed by atoms with Crippen molar-refractivity contribution in [3.8, 4) is 5.75 Å². The number of carboxylic acid groups (broad SMARTS) is 1. The lowest BCUT2D eigenvalue weighted by Crippen LogP contribution is -2.25. The number of rotatable bonds is 6. The van der Waals surface area contributed by atoms with Gasteiger partial charge in [0.05, 0.1) is 23.9 Å². The van der Waals surface area contributed by atoms with Crippen molar-refractivity contribution in [3.05, 3.63) is 45.4 Å².